The van der Waals surface area contributed by atoms with Crippen molar-refractivity contribution in [1.29, 1.82) is 0 Å². The SMILES string of the molecule is Cc1ccc(-n2c(=S)sc3c(=O)n(C)c(=S)[nH]c32)cc1. The summed E-state index contributed by atoms with van der Waals surface area (Å²) in [5.74, 6) is 0. The van der Waals surface area contributed by atoms with E-state index >= 15 is 0 Å². The highest BCUT2D eigenvalue weighted by atomic mass is 32.1. The van der Waals surface area contributed by atoms with Crippen LogP contribution in [0.25, 0.3) is 16.0 Å². The molecule has 0 amide bonds. The van der Waals surface area contributed by atoms with Gasteiger partial charge in [-0.15, -0.1) is 0 Å². The smallest absolute Gasteiger partial charge is 0.273 e. The van der Waals surface area contributed by atoms with Crippen molar-refractivity contribution in [2.45, 2.75) is 6.92 Å². The first-order valence-corrected chi connectivity index (χ1v) is 7.54. The topological polar surface area (TPSA) is 42.7 Å². The van der Waals surface area contributed by atoms with Gasteiger partial charge in [-0.3, -0.25) is 13.9 Å². The van der Waals surface area contributed by atoms with E-state index in [2.05, 4.69) is 4.98 Å². The monoisotopic (exact) mass is 321 g/mol. The van der Waals surface area contributed by atoms with Crippen LogP contribution in [-0.2, 0) is 7.05 Å². The number of nitrogens with zero attached hydrogens (tertiary/aromatic N) is 2. The molecule has 0 bridgehead atoms. The number of hydrogen-bond donors (Lipinski definition) is 1. The lowest BCUT2D eigenvalue weighted by molar-refractivity contribution is 0.820. The zero-order valence-corrected chi connectivity index (χ0v) is 13.3. The van der Waals surface area contributed by atoms with Crippen molar-refractivity contribution in [1.82, 2.24) is 14.1 Å². The number of aromatic nitrogens is 3. The molecule has 2 heterocycles. The van der Waals surface area contributed by atoms with Crippen LogP contribution in [0.3, 0.4) is 0 Å². The minimum Gasteiger partial charge on any atom is -0.317 e. The maximum atomic E-state index is 12.2. The molecule has 0 spiro atoms. The van der Waals surface area contributed by atoms with Gasteiger partial charge in [0.1, 0.15) is 10.3 Å². The predicted octanol–water partition coefficient (Wildman–Crippen LogP) is 3.49. The second kappa shape index (κ2) is 4.76. The zero-order valence-electron chi connectivity index (χ0n) is 10.8. The van der Waals surface area contributed by atoms with Crippen LogP contribution in [0.1, 0.15) is 5.56 Å². The van der Waals surface area contributed by atoms with Crippen LogP contribution in [0.5, 0.6) is 0 Å². The summed E-state index contributed by atoms with van der Waals surface area (Å²) in [5.41, 5.74) is 2.64. The molecular formula is C13H11N3OS3. The van der Waals surface area contributed by atoms with Gasteiger partial charge in [0.05, 0.1) is 0 Å². The van der Waals surface area contributed by atoms with Crippen LogP contribution in [0.15, 0.2) is 29.1 Å². The van der Waals surface area contributed by atoms with Crippen molar-refractivity contribution in [2.75, 3.05) is 0 Å². The number of fused-ring (bicyclic) bond motifs is 1. The van der Waals surface area contributed by atoms with Gasteiger partial charge in [0.2, 0.25) is 0 Å². The number of thiazole rings is 1. The standard InChI is InChI=1S/C13H11N3OS3/c1-7-3-5-8(6-4-7)16-10-9(20-13(16)19)11(17)15(2)12(18)14-10/h3-6H,1-2H3,(H,14,18). The molecule has 0 radical (unpaired) electrons. The van der Waals surface area contributed by atoms with E-state index < -0.39 is 0 Å². The predicted molar refractivity (Wildman–Crippen MR) is 87.1 cm³/mol. The van der Waals surface area contributed by atoms with Gasteiger partial charge >= 0.3 is 0 Å². The Bertz CT molecular complexity index is 973. The third-order valence-electron chi connectivity index (χ3n) is 3.13. The van der Waals surface area contributed by atoms with E-state index in [0.717, 1.165) is 5.69 Å². The van der Waals surface area contributed by atoms with Crippen molar-refractivity contribution >= 4 is 46.1 Å². The molecule has 0 aliphatic heterocycles. The molecular weight excluding hydrogens is 310 g/mol. The van der Waals surface area contributed by atoms with Crippen molar-refractivity contribution < 1.29 is 0 Å². The normalized spacial score (nSPS) is 11.1. The van der Waals surface area contributed by atoms with E-state index in [4.69, 9.17) is 24.4 Å². The van der Waals surface area contributed by atoms with Crippen LogP contribution in [0.4, 0.5) is 0 Å². The average molecular weight is 321 g/mol. The molecule has 102 valence electrons. The summed E-state index contributed by atoms with van der Waals surface area (Å²) < 4.78 is 4.87. The zero-order chi connectivity index (χ0) is 14.4. The molecule has 20 heavy (non-hydrogen) atoms. The van der Waals surface area contributed by atoms with Gasteiger partial charge in [-0.25, -0.2) is 0 Å². The first-order chi connectivity index (χ1) is 9.49. The Morgan fingerprint density at radius 2 is 1.85 bits per heavy atom. The number of rotatable bonds is 1. The molecule has 3 rings (SSSR count). The van der Waals surface area contributed by atoms with Gasteiger partial charge in [0.25, 0.3) is 5.56 Å². The largest absolute Gasteiger partial charge is 0.317 e. The van der Waals surface area contributed by atoms with Crippen LogP contribution in [0, 0.1) is 15.6 Å². The van der Waals surface area contributed by atoms with Gasteiger partial charge in [0.15, 0.2) is 8.73 Å². The van der Waals surface area contributed by atoms with Gasteiger partial charge in [0, 0.05) is 12.7 Å². The fourth-order valence-electron chi connectivity index (χ4n) is 1.99. The molecule has 0 fully saturated rings. The molecule has 2 aromatic heterocycles. The van der Waals surface area contributed by atoms with E-state index in [-0.39, 0.29) is 5.56 Å². The van der Waals surface area contributed by atoms with Gasteiger partial charge in [-0.1, -0.05) is 29.0 Å². The number of hydrogen-bond acceptors (Lipinski definition) is 4. The van der Waals surface area contributed by atoms with Gasteiger partial charge < -0.3 is 4.98 Å². The highest BCUT2D eigenvalue weighted by Gasteiger charge is 2.12. The van der Waals surface area contributed by atoms with E-state index in [0.29, 0.717) is 19.1 Å². The Labute approximate surface area is 128 Å². The lowest BCUT2D eigenvalue weighted by Crippen LogP contribution is -2.18. The van der Waals surface area contributed by atoms with E-state index in [1.165, 1.54) is 21.5 Å². The summed E-state index contributed by atoms with van der Waals surface area (Å²) in [4.78, 5) is 15.3. The first kappa shape index (κ1) is 13.4. The Morgan fingerprint density at radius 1 is 1.20 bits per heavy atom. The van der Waals surface area contributed by atoms with Crippen molar-refractivity contribution in [2.24, 2.45) is 7.05 Å². The average Bonchev–Trinajstić information content (AvgIpc) is 2.74. The molecule has 0 saturated heterocycles. The molecule has 4 nitrogen and oxygen atoms in total. The molecule has 0 atom stereocenters. The summed E-state index contributed by atoms with van der Waals surface area (Å²) in [5, 5.41) is 0. The first-order valence-electron chi connectivity index (χ1n) is 5.91. The second-order valence-electron chi connectivity index (χ2n) is 4.51. The molecule has 0 aliphatic rings. The second-order valence-corrected chi connectivity index (χ2v) is 6.54. The van der Waals surface area contributed by atoms with Crippen LogP contribution >= 0.6 is 35.8 Å². The molecule has 0 unspecified atom stereocenters. The lowest BCUT2D eigenvalue weighted by Gasteiger charge is -2.06. The van der Waals surface area contributed by atoms with E-state index in [9.17, 15) is 4.79 Å². The van der Waals surface area contributed by atoms with Crippen LogP contribution in [-0.4, -0.2) is 14.1 Å². The maximum absolute atomic E-state index is 12.2. The lowest BCUT2D eigenvalue weighted by atomic mass is 10.2. The summed E-state index contributed by atoms with van der Waals surface area (Å²) in [6, 6.07) is 7.98. The number of aromatic amines is 1. The Hall–Kier alpha value is -1.57. The maximum Gasteiger partial charge on any atom is 0.273 e. The fraction of sp³-hybridized carbons (Fsp3) is 0.154. The highest BCUT2D eigenvalue weighted by Crippen LogP contribution is 2.22. The Kier molecular flexibility index (Phi) is 3.19. The third-order valence-corrected chi connectivity index (χ3v) is 4.87. The Balaban J connectivity index is 2.46. The van der Waals surface area contributed by atoms with Gasteiger partial charge in [-0.05, 0) is 43.5 Å². The summed E-state index contributed by atoms with van der Waals surface area (Å²) in [6.07, 6.45) is 0. The van der Waals surface area contributed by atoms with Crippen LogP contribution < -0.4 is 5.56 Å². The number of nitrogens with one attached hydrogen (secondary N) is 1. The Morgan fingerprint density at radius 3 is 2.50 bits per heavy atom. The van der Waals surface area contributed by atoms with Crippen molar-refractivity contribution in [3.8, 4) is 5.69 Å². The summed E-state index contributed by atoms with van der Waals surface area (Å²) in [6.45, 7) is 2.03. The van der Waals surface area contributed by atoms with Crippen molar-refractivity contribution in [3.05, 3.63) is 48.9 Å². The quantitative estimate of drug-likeness (QED) is 0.698. The van der Waals surface area contributed by atoms with Crippen LogP contribution in [0.2, 0.25) is 0 Å². The number of H-pyrrole nitrogens is 1. The molecule has 7 heteroatoms. The molecule has 3 aromatic rings. The minimum atomic E-state index is -0.120. The molecule has 1 N–H and O–H groups in total. The third kappa shape index (κ3) is 1.98. The van der Waals surface area contributed by atoms with E-state index in [1.54, 1.807) is 7.05 Å². The number of benzene rings is 1. The summed E-state index contributed by atoms with van der Waals surface area (Å²) >= 11 is 11.9. The molecule has 0 saturated carbocycles. The molecule has 1 aromatic carbocycles. The summed E-state index contributed by atoms with van der Waals surface area (Å²) in [7, 11) is 1.65. The number of aryl methyl sites for hydroxylation is 1. The van der Waals surface area contributed by atoms with E-state index in [1.807, 2.05) is 35.8 Å². The fourth-order valence-corrected chi connectivity index (χ4v) is 3.54. The van der Waals surface area contributed by atoms with Crippen molar-refractivity contribution in [3.63, 3.8) is 0 Å². The molecule has 0 aliphatic carbocycles. The van der Waals surface area contributed by atoms with Gasteiger partial charge in [-0.2, -0.15) is 0 Å². The highest BCUT2D eigenvalue weighted by molar-refractivity contribution is 7.73. The minimum absolute atomic E-state index is 0.120.